The molecule has 0 radical (unpaired) electrons. The number of rotatable bonds is 5. The van der Waals surface area contributed by atoms with Gasteiger partial charge in [-0.25, -0.2) is 4.79 Å². The summed E-state index contributed by atoms with van der Waals surface area (Å²) in [7, 11) is 0. The van der Waals surface area contributed by atoms with Crippen LogP contribution in [-0.2, 0) is 16.1 Å². The van der Waals surface area contributed by atoms with Gasteiger partial charge in [-0.2, -0.15) is 0 Å². The van der Waals surface area contributed by atoms with E-state index in [4.69, 9.17) is 13.9 Å². The number of carbonyl (C=O) groups excluding carboxylic acids is 2. The first kappa shape index (κ1) is 21.0. The number of esters is 2. The van der Waals surface area contributed by atoms with Gasteiger partial charge in [0, 0.05) is 6.07 Å². The van der Waals surface area contributed by atoms with E-state index in [2.05, 4.69) is 0 Å². The fourth-order valence-corrected chi connectivity index (χ4v) is 2.49. The molecule has 0 aliphatic rings. The molecule has 0 saturated carbocycles. The van der Waals surface area contributed by atoms with E-state index in [9.17, 15) is 14.4 Å². The van der Waals surface area contributed by atoms with Crippen molar-refractivity contribution in [3.8, 4) is 16.9 Å². The van der Waals surface area contributed by atoms with Crippen molar-refractivity contribution in [1.29, 1.82) is 0 Å². The third kappa shape index (κ3) is 5.23. The van der Waals surface area contributed by atoms with Crippen LogP contribution in [-0.4, -0.2) is 11.9 Å². The van der Waals surface area contributed by atoms with Crippen LogP contribution in [0.2, 0.25) is 0 Å². The van der Waals surface area contributed by atoms with Gasteiger partial charge in [-0.05, 0) is 44.0 Å². The fraction of sp³-hybridized carbons (Fsp3) is 0.208. The molecule has 3 rings (SSSR count). The largest absolute Gasteiger partial charge is 0.462 e. The second-order valence-corrected chi connectivity index (χ2v) is 7.73. The van der Waals surface area contributed by atoms with Crippen LogP contribution in [0.25, 0.3) is 11.1 Å². The lowest BCUT2D eigenvalue weighted by atomic mass is 9.97. The zero-order chi connectivity index (χ0) is 21.7. The van der Waals surface area contributed by atoms with Gasteiger partial charge in [-0.1, -0.05) is 42.5 Å². The van der Waals surface area contributed by atoms with Gasteiger partial charge in [0.2, 0.25) is 11.2 Å². The molecule has 2 aromatic carbocycles. The molecular weight excluding hydrogens is 384 g/mol. The lowest BCUT2D eigenvalue weighted by molar-refractivity contribution is -0.143. The molecule has 0 saturated heterocycles. The molecule has 154 valence electrons. The molecule has 30 heavy (non-hydrogen) atoms. The SMILES string of the molecule is CC(C)(C)C(=O)Oc1coc(COC(=O)c2ccc(-c3ccccc3)cc2)cc1=O. The van der Waals surface area contributed by atoms with E-state index >= 15 is 0 Å². The van der Waals surface area contributed by atoms with Crippen molar-refractivity contribution in [2.24, 2.45) is 5.41 Å². The van der Waals surface area contributed by atoms with E-state index in [0.29, 0.717) is 5.56 Å². The summed E-state index contributed by atoms with van der Waals surface area (Å²) in [5.74, 6) is -1.15. The van der Waals surface area contributed by atoms with Crippen LogP contribution in [0, 0.1) is 5.41 Å². The monoisotopic (exact) mass is 406 g/mol. The number of hydrogen-bond acceptors (Lipinski definition) is 6. The Balaban J connectivity index is 1.61. The molecule has 0 aliphatic carbocycles. The molecule has 0 unspecified atom stereocenters. The van der Waals surface area contributed by atoms with Gasteiger partial charge >= 0.3 is 11.9 Å². The first-order valence-corrected chi connectivity index (χ1v) is 9.40. The predicted octanol–water partition coefficient (Wildman–Crippen LogP) is 4.62. The Morgan fingerprint density at radius 2 is 1.57 bits per heavy atom. The van der Waals surface area contributed by atoms with Gasteiger partial charge in [0.05, 0.1) is 11.0 Å². The van der Waals surface area contributed by atoms with Crippen LogP contribution >= 0.6 is 0 Å². The van der Waals surface area contributed by atoms with Gasteiger partial charge in [0.1, 0.15) is 18.6 Å². The Labute approximate surface area is 174 Å². The Hall–Kier alpha value is -3.67. The van der Waals surface area contributed by atoms with Gasteiger partial charge in [-0.3, -0.25) is 9.59 Å². The van der Waals surface area contributed by atoms with Gasteiger partial charge in [0.25, 0.3) is 0 Å². The molecule has 0 bridgehead atoms. The van der Waals surface area contributed by atoms with E-state index in [1.807, 2.05) is 42.5 Å². The van der Waals surface area contributed by atoms with Crippen LogP contribution in [0.3, 0.4) is 0 Å². The minimum absolute atomic E-state index is 0.143. The summed E-state index contributed by atoms with van der Waals surface area (Å²) in [5, 5.41) is 0. The second kappa shape index (κ2) is 8.78. The summed E-state index contributed by atoms with van der Waals surface area (Å²) in [4.78, 5) is 36.3. The highest BCUT2D eigenvalue weighted by atomic mass is 16.6. The maximum atomic E-state index is 12.3. The van der Waals surface area contributed by atoms with Crippen LogP contribution in [0.1, 0.15) is 36.9 Å². The van der Waals surface area contributed by atoms with E-state index < -0.39 is 22.8 Å². The molecule has 1 heterocycles. The molecule has 0 atom stereocenters. The average molecular weight is 406 g/mol. The minimum Gasteiger partial charge on any atom is -0.462 e. The highest BCUT2D eigenvalue weighted by molar-refractivity contribution is 5.90. The first-order valence-electron chi connectivity index (χ1n) is 9.40. The Morgan fingerprint density at radius 1 is 0.933 bits per heavy atom. The van der Waals surface area contributed by atoms with Gasteiger partial charge < -0.3 is 13.9 Å². The topological polar surface area (TPSA) is 82.8 Å². The second-order valence-electron chi connectivity index (χ2n) is 7.73. The summed E-state index contributed by atoms with van der Waals surface area (Å²) < 4.78 is 15.5. The quantitative estimate of drug-likeness (QED) is 0.575. The third-order valence-corrected chi connectivity index (χ3v) is 4.24. The van der Waals surface area contributed by atoms with E-state index in [-0.39, 0.29) is 18.1 Å². The normalized spacial score (nSPS) is 11.0. The molecule has 0 N–H and O–H groups in total. The lowest BCUT2D eigenvalue weighted by Gasteiger charge is -2.15. The maximum Gasteiger partial charge on any atom is 0.338 e. The third-order valence-electron chi connectivity index (χ3n) is 4.24. The molecule has 6 nitrogen and oxygen atoms in total. The van der Waals surface area contributed by atoms with Crippen LogP contribution in [0.15, 0.2) is 76.1 Å². The Bertz CT molecular complexity index is 1090. The standard InChI is InChI=1S/C24H22O6/c1-24(2,3)23(27)30-21-15-28-19(13-20(21)25)14-29-22(26)18-11-9-17(10-12-18)16-7-5-4-6-8-16/h4-13,15H,14H2,1-3H3. The predicted molar refractivity (Wildman–Crippen MR) is 111 cm³/mol. The molecular formula is C24H22O6. The summed E-state index contributed by atoms with van der Waals surface area (Å²) >= 11 is 0. The summed E-state index contributed by atoms with van der Waals surface area (Å²) in [5.41, 5.74) is 1.13. The van der Waals surface area contributed by atoms with Crippen LogP contribution < -0.4 is 10.2 Å². The summed E-state index contributed by atoms with van der Waals surface area (Å²) in [6.45, 7) is 4.81. The molecule has 1 aromatic heterocycles. The zero-order valence-corrected chi connectivity index (χ0v) is 17.0. The lowest BCUT2D eigenvalue weighted by Crippen LogP contribution is -2.27. The van der Waals surface area contributed by atoms with Crippen molar-refractivity contribution in [3.63, 3.8) is 0 Å². The Kier molecular flexibility index (Phi) is 6.16. The molecule has 6 heteroatoms. The molecule has 0 spiro atoms. The van der Waals surface area contributed by atoms with Crippen molar-refractivity contribution in [1.82, 2.24) is 0 Å². The highest BCUT2D eigenvalue weighted by Crippen LogP contribution is 2.20. The van der Waals surface area contributed by atoms with Crippen molar-refractivity contribution in [2.45, 2.75) is 27.4 Å². The number of benzene rings is 2. The van der Waals surface area contributed by atoms with Crippen molar-refractivity contribution < 1.29 is 23.5 Å². The first-order chi connectivity index (χ1) is 14.2. The van der Waals surface area contributed by atoms with Crippen molar-refractivity contribution in [3.05, 3.63) is 88.5 Å². The highest BCUT2D eigenvalue weighted by Gasteiger charge is 2.25. The molecule has 0 aliphatic heterocycles. The van der Waals surface area contributed by atoms with E-state index in [1.54, 1.807) is 32.9 Å². The number of hydrogen-bond donors (Lipinski definition) is 0. The van der Waals surface area contributed by atoms with Crippen LogP contribution in [0.5, 0.6) is 5.75 Å². The van der Waals surface area contributed by atoms with Crippen molar-refractivity contribution >= 4 is 11.9 Å². The molecule has 3 aromatic rings. The minimum atomic E-state index is -0.753. The maximum absolute atomic E-state index is 12.3. The van der Waals surface area contributed by atoms with E-state index in [1.165, 1.54) is 0 Å². The zero-order valence-electron chi connectivity index (χ0n) is 17.0. The molecule has 0 amide bonds. The van der Waals surface area contributed by atoms with E-state index in [0.717, 1.165) is 23.5 Å². The number of carbonyl (C=O) groups is 2. The van der Waals surface area contributed by atoms with Gasteiger partial charge in [-0.15, -0.1) is 0 Å². The number of ether oxygens (including phenoxy) is 2. The fourth-order valence-electron chi connectivity index (χ4n) is 2.49. The van der Waals surface area contributed by atoms with Crippen molar-refractivity contribution in [2.75, 3.05) is 0 Å². The smallest absolute Gasteiger partial charge is 0.338 e. The summed E-state index contributed by atoms with van der Waals surface area (Å²) in [6, 6.07) is 18.0. The summed E-state index contributed by atoms with van der Waals surface area (Å²) in [6.07, 6.45) is 1.05. The Morgan fingerprint density at radius 3 is 2.17 bits per heavy atom. The van der Waals surface area contributed by atoms with Crippen LogP contribution in [0.4, 0.5) is 0 Å². The molecule has 0 fully saturated rings. The average Bonchev–Trinajstić information content (AvgIpc) is 2.73. The van der Waals surface area contributed by atoms with Gasteiger partial charge in [0.15, 0.2) is 0 Å².